The zero-order valence-corrected chi connectivity index (χ0v) is 18.9. The van der Waals surface area contributed by atoms with Crippen LogP contribution >= 0.6 is 15.9 Å². The first kappa shape index (κ1) is 19.2. The number of halogens is 1. The molecule has 2 aromatic rings. The van der Waals surface area contributed by atoms with Gasteiger partial charge in [-0.25, -0.2) is 4.90 Å². The molecular formula is C24H22BrN3O3. The highest BCUT2D eigenvalue weighted by molar-refractivity contribution is 9.10. The minimum atomic E-state index is -1.12. The summed E-state index contributed by atoms with van der Waals surface area (Å²) in [5.41, 5.74) is 3.08. The van der Waals surface area contributed by atoms with E-state index >= 15 is 0 Å². The van der Waals surface area contributed by atoms with Crippen LogP contribution in [0.15, 0.2) is 40.9 Å². The predicted octanol–water partition coefficient (Wildman–Crippen LogP) is 3.50. The maximum Gasteiger partial charge on any atom is 0.250 e. The molecule has 4 atom stereocenters. The molecule has 31 heavy (non-hydrogen) atoms. The van der Waals surface area contributed by atoms with Crippen LogP contribution in [0.5, 0.6) is 0 Å². The summed E-state index contributed by atoms with van der Waals surface area (Å²) in [6.45, 7) is 4.67. The molecule has 3 amide bonds. The normalized spacial score (nSPS) is 31.4. The van der Waals surface area contributed by atoms with Gasteiger partial charge in [-0.1, -0.05) is 23.8 Å². The van der Waals surface area contributed by atoms with Crippen molar-refractivity contribution in [3.8, 4) is 0 Å². The molecule has 158 valence electrons. The number of fused-ring (bicyclic) bond motifs is 7. The number of nitrogens with one attached hydrogen (secondary N) is 1. The molecule has 3 fully saturated rings. The minimum Gasteiger partial charge on any atom is -0.324 e. The summed E-state index contributed by atoms with van der Waals surface area (Å²) in [6, 6.07) is 11.4. The molecule has 1 spiro atoms. The average Bonchev–Trinajstić information content (AvgIpc) is 3.42. The van der Waals surface area contributed by atoms with Crippen LogP contribution in [-0.4, -0.2) is 35.2 Å². The Hall–Kier alpha value is -2.51. The molecule has 0 radical (unpaired) electrons. The van der Waals surface area contributed by atoms with E-state index in [0.29, 0.717) is 16.7 Å². The maximum absolute atomic E-state index is 13.9. The second-order valence-electron chi connectivity index (χ2n) is 9.14. The van der Waals surface area contributed by atoms with Crippen LogP contribution in [-0.2, 0) is 19.9 Å². The molecule has 4 aliphatic rings. The molecule has 7 heteroatoms. The Morgan fingerprint density at radius 1 is 1.03 bits per heavy atom. The lowest BCUT2D eigenvalue weighted by Crippen LogP contribution is -2.54. The molecule has 0 aromatic heterocycles. The van der Waals surface area contributed by atoms with Gasteiger partial charge in [-0.3, -0.25) is 19.3 Å². The van der Waals surface area contributed by atoms with Crippen molar-refractivity contribution >= 4 is 45.0 Å². The van der Waals surface area contributed by atoms with E-state index < -0.39 is 17.4 Å². The number of anilines is 2. The Bertz CT molecular complexity index is 1190. The number of aryl methyl sites for hydroxylation is 2. The van der Waals surface area contributed by atoms with Gasteiger partial charge in [0.15, 0.2) is 0 Å². The van der Waals surface area contributed by atoms with Crippen molar-refractivity contribution in [2.45, 2.75) is 38.3 Å². The van der Waals surface area contributed by atoms with Gasteiger partial charge in [0, 0.05) is 21.8 Å². The number of nitrogens with zero attached hydrogens (tertiary/aromatic N) is 2. The van der Waals surface area contributed by atoms with E-state index in [-0.39, 0.29) is 23.8 Å². The van der Waals surface area contributed by atoms with Crippen LogP contribution in [0.3, 0.4) is 0 Å². The number of rotatable bonds is 1. The van der Waals surface area contributed by atoms with Gasteiger partial charge in [0.2, 0.25) is 17.7 Å². The van der Waals surface area contributed by atoms with Crippen molar-refractivity contribution in [2.24, 2.45) is 11.8 Å². The van der Waals surface area contributed by atoms with Crippen LogP contribution in [0.25, 0.3) is 0 Å². The van der Waals surface area contributed by atoms with E-state index in [0.717, 1.165) is 35.2 Å². The third kappa shape index (κ3) is 2.23. The lowest BCUT2D eigenvalue weighted by atomic mass is 9.75. The van der Waals surface area contributed by atoms with E-state index in [4.69, 9.17) is 0 Å². The van der Waals surface area contributed by atoms with Gasteiger partial charge in [-0.15, -0.1) is 0 Å². The first-order valence-electron chi connectivity index (χ1n) is 10.7. The summed E-state index contributed by atoms with van der Waals surface area (Å²) in [6.07, 6.45) is 1.74. The molecule has 6 nitrogen and oxygen atoms in total. The third-order valence-electron chi connectivity index (χ3n) is 7.49. The van der Waals surface area contributed by atoms with Crippen LogP contribution in [0.1, 0.15) is 29.5 Å². The number of hydrogen-bond donors (Lipinski definition) is 1. The molecular weight excluding hydrogens is 458 g/mol. The highest BCUT2D eigenvalue weighted by Gasteiger charge is 2.74. The first-order chi connectivity index (χ1) is 14.9. The molecule has 0 unspecified atom stereocenters. The molecule has 0 aliphatic carbocycles. The summed E-state index contributed by atoms with van der Waals surface area (Å²) in [5, 5.41) is 3.02. The number of benzene rings is 2. The SMILES string of the molecule is Cc1ccc(N2C(=O)[C@@H]3[C@@H]4CCCN4[C@]4(C(=O)Nc5ccc(C)cc54)[C@H]3C2=O)c(Br)c1. The zero-order valence-electron chi connectivity index (χ0n) is 17.3. The van der Waals surface area contributed by atoms with Gasteiger partial charge in [0.1, 0.15) is 5.54 Å². The summed E-state index contributed by atoms with van der Waals surface area (Å²) >= 11 is 3.53. The van der Waals surface area contributed by atoms with Gasteiger partial charge < -0.3 is 5.32 Å². The van der Waals surface area contributed by atoms with Gasteiger partial charge in [-0.2, -0.15) is 0 Å². The maximum atomic E-state index is 13.9. The van der Waals surface area contributed by atoms with Crippen molar-refractivity contribution in [3.05, 3.63) is 57.6 Å². The Morgan fingerprint density at radius 3 is 2.55 bits per heavy atom. The first-order valence-corrected chi connectivity index (χ1v) is 11.5. The van der Waals surface area contributed by atoms with Gasteiger partial charge >= 0.3 is 0 Å². The quantitative estimate of drug-likeness (QED) is 0.635. The fourth-order valence-corrected chi connectivity index (χ4v) is 7.02. The Balaban J connectivity index is 1.57. The number of hydrogen-bond acceptors (Lipinski definition) is 4. The molecule has 4 heterocycles. The summed E-state index contributed by atoms with van der Waals surface area (Å²) in [5.74, 6) is -1.89. The highest BCUT2D eigenvalue weighted by Crippen LogP contribution is 2.61. The lowest BCUT2D eigenvalue weighted by molar-refractivity contribution is -0.135. The lowest BCUT2D eigenvalue weighted by Gasteiger charge is -2.36. The van der Waals surface area contributed by atoms with Gasteiger partial charge in [0.05, 0.1) is 17.5 Å². The van der Waals surface area contributed by atoms with E-state index in [1.165, 1.54) is 4.90 Å². The fraction of sp³-hybridized carbons (Fsp3) is 0.375. The molecule has 3 saturated heterocycles. The largest absolute Gasteiger partial charge is 0.324 e. The van der Waals surface area contributed by atoms with Crippen molar-refractivity contribution in [1.82, 2.24) is 4.90 Å². The van der Waals surface area contributed by atoms with Gasteiger partial charge in [0.25, 0.3) is 0 Å². The molecule has 0 saturated carbocycles. The summed E-state index contributed by atoms with van der Waals surface area (Å²) in [4.78, 5) is 44.8. The number of imide groups is 1. The average molecular weight is 480 g/mol. The van der Waals surface area contributed by atoms with E-state index in [9.17, 15) is 14.4 Å². The molecule has 0 bridgehead atoms. The Labute approximate surface area is 188 Å². The zero-order chi connectivity index (χ0) is 21.7. The van der Waals surface area contributed by atoms with Crippen molar-refractivity contribution < 1.29 is 14.4 Å². The molecule has 4 aliphatic heterocycles. The molecule has 6 rings (SSSR count). The van der Waals surface area contributed by atoms with Gasteiger partial charge in [-0.05, 0) is 72.9 Å². The number of carbonyl (C=O) groups excluding carboxylic acids is 3. The van der Waals surface area contributed by atoms with Crippen molar-refractivity contribution in [3.63, 3.8) is 0 Å². The number of carbonyl (C=O) groups is 3. The Morgan fingerprint density at radius 2 is 1.77 bits per heavy atom. The predicted molar refractivity (Wildman–Crippen MR) is 120 cm³/mol. The third-order valence-corrected chi connectivity index (χ3v) is 8.13. The molecule has 2 aromatic carbocycles. The van der Waals surface area contributed by atoms with Crippen LogP contribution in [0, 0.1) is 25.7 Å². The van der Waals surface area contributed by atoms with Crippen LogP contribution in [0.2, 0.25) is 0 Å². The standard InChI is InChI=1S/C24H22BrN3O3/c1-12-5-7-16-14(10-12)24(23(31)26-16)20-19(18-4-3-9-27(18)24)21(29)28(22(20)30)17-8-6-13(2)11-15(17)25/h5-8,10-11,18-20H,3-4,9H2,1-2H3,(H,26,31)/t18-,19+,20+,24-/m0/s1. The Kier molecular flexibility index (Phi) is 3.88. The van der Waals surface area contributed by atoms with Crippen LogP contribution in [0.4, 0.5) is 11.4 Å². The second-order valence-corrected chi connectivity index (χ2v) is 10.00. The minimum absolute atomic E-state index is 0.104. The smallest absolute Gasteiger partial charge is 0.250 e. The second kappa shape index (κ2) is 6.26. The van der Waals surface area contributed by atoms with E-state index in [1.807, 2.05) is 50.2 Å². The monoisotopic (exact) mass is 479 g/mol. The number of amides is 3. The molecule has 1 N–H and O–H groups in total. The highest BCUT2D eigenvalue weighted by atomic mass is 79.9. The van der Waals surface area contributed by atoms with E-state index in [2.05, 4.69) is 26.1 Å². The summed E-state index contributed by atoms with van der Waals surface area (Å²) in [7, 11) is 0. The van der Waals surface area contributed by atoms with Crippen LogP contribution < -0.4 is 10.2 Å². The fourth-order valence-electron chi connectivity index (χ4n) is 6.35. The summed E-state index contributed by atoms with van der Waals surface area (Å²) < 4.78 is 0.707. The van der Waals surface area contributed by atoms with Crippen molar-refractivity contribution in [2.75, 3.05) is 16.8 Å². The topological polar surface area (TPSA) is 69.7 Å². The van der Waals surface area contributed by atoms with E-state index in [1.54, 1.807) is 0 Å². The van der Waals surface area contributed by atoms with Crippen molar-refractivity contribution in [1.29, 1.82) is 0 Å².